The average molecular weight is 477 g/mol. The number of carboxylic acids is 1. The van der Waals surface area contributed by atoms with E-state index in [9.17, 15) is 14.4 Å². The number of anilines is 1. The van der Waals surface area contributed by atoms with Gasteiger partial charge in [0, 0.05) is 24.6 Å². The highest BCUT2D eigenvalue weighted by Gasteiger charge is 2.29. The summed E-state index contributed by atoms with van der Waals surface area (Å²) in [5.41, 5.74) is 4.95. The maximum Gasteiger partial charge on any atom is 0.407 e. The molecule has 35 heavy (non-hydrogen) atoms. The molecule has 4 rings (SSSR count). The smallest absolute Gasteiger partial charge is 0.407 e. The molecule has 182 valence electrons. The van der Waals surface area contributed by atoms with Crippen LogP contribution in [0.5, 0.6) is 0 Å². The number of alkyl carbamates (subject to hydrolysis) is 1. The lowest BCUT2D eigenvalue weighted by Gasteiger charge is -2.22. The van der Waals surface area contributed by atoms with Crippen molar-refractivity contribution in [2.75, 3.05) is 11.9 Å². The number of nitrogens with one attached hydrogen (secondary N) is 2. The molecule has 2 amide bonds. The number of rotatable bonds is 9. The summed E-state index contributed by atoms with van der Waals surface area (Å²) in [4.78, 5) is 36.0. The van der Waals surface area contributed by atoms with Gasteiger partial charge >= 0.3 is 12.1 Å². The van der Waals surface area contributed by atoms with E-state index >= 15 is 0 Å². The summed E-state index contributed by atoms with van der Waals surface area (Å²) in [7, 11) is 0. The lowest BCUT2D eigenvalue weighted by atomic mass is 9.98. The molecule has 0 spiro atoms. The van der Waals surface area contributed by atoms with Crippen LogP contribution in [0.3, 0.4) is 0 Å². The molecule has 0 saturated carbocycles. The Labute approximate surface area is 203 Å². The van der Waals surface area contributed by atoms with Crippen LogP contribution >= 0.6 is 0 Å². The Hall–Kier alpha value is -4.14. The molecule has 1 atom stereocenters. The van der Waals surface area contributed by atoms with Crippen molar-refractivity contribution in [2.24, 2.45) is 5.92 Å². The third-order valence-corrected chi connectivity index (χ3v) is 6.07. The molecule has 0 saturated heterocycles. The highest BCUT2D eigenvalue weighted by molar-refractivity contribution is 5.91. The number of hydrogen-bond acceptors (Lipinski definition) is 5. The Morgan fingerprint density at radius 3 is 2.29 bits per heavy atom. The highest BCUT2D eigenvalue weighted by atomic mass is 16.5. The number of aromatic nitrogens is 2. The zero-order chi connectivity index (χ0) is 24.9. The van der Waals surface area contributed by atoms with E-state index in [1.54, 1.807) is 0 Å². The van der Waals surface area contributed by atoms with Crippen LogP contribution in [0.15, 0.2) is 60.9 Å². The van der Waals surface area contributed by atoms with Crippen molar-refractivity contribution in [3.05, 3.63) is 72.1 Å². The van der Waals surface area contributed by atoms with Gasteiger partial charge in [-0.25, -0.2) is 4.79 Å². The zero-order valence-electron chi connectivity index (χ0n) is 19.6. The molecular formula is C26H28N4O5. The van der Waals surface area contributed by atoms with Gasteiger partial charge in [-0.2, -0.15) is 5.10 Å². The normalized spacial score (nSPS) is 13.1. The second-order valence-electron chi connectivity index (χ2n) is 8.89. The largest absolute Gasteiger partial charge is 0.480 e. The molecule has 0 bridgehead atoms. The summed E-state index contributed by atoms with van der Waals surface area (Å²) < 4.78 is 6.82. The number of carbonyl (C=O) groups is 3. The fourth-order valence-corrected chi connectivity index (χ4v) is 4.31. The Morgan fingerprint density at radius 2 is 1.69 bits per heavy atom. The summed E-state index contributed by atoms with van der Waals surface area (Å²) in [6.07, 6.45) is 2.28. The predicted molar refractivity (Wildman–Crippen MR) is 130 cm³/mol. The van der Waals surface area contributed by atoms with Crippen LogP contribution in [0.2, 0.25) is 0 Å². The molecular weight excluding hydrogens is 448 g/mol. The molecule has 0 unspecified atom stereocenters. The number of carboxylic acid groups (broad SMARTS) is 1. The standard InChI is InChI=1S/C26H28N4O5/c1-16(2)23(11-24(31)28-17-12-27-30(13-17)14-25(32)33)29-26(34)35-15-22-20-9-5-3-7-18(20)19-8-4-6-10-21(19)22/h3-10,12-13,16,22-23H,11,14-15H2,1-2H3,(H,28,31)(H,29,34)(H,32,33)/t23-/m0/s1. The molecule has 3 N–H and O–H groups in total. The van der Waals surface area contributed by atoms with Gasteiger partial charge in [0.25, 0.3) is 0 Å². The number of ether oxygens (including phenoxy) is 1. The number of benzene rings is 2. The van der Waals surface area contributed by atoms with Crippen molar-refractivity contribution in [3.63, 3.8) is 0 Å². The maximum atomic E-state index is 12.7. The fraction of sp³-hybridized carbons (Fsp3) is 0.308. The Morgan fingerprint density at radius 1 is 1.06 bits per heavy atom. The minimum atomic E-state index is -1.03. The lowest BCUT2D eigenvalue weighted by molar-refractivity contribution is -0.137. The van der Waals surface area contributed by atoms with Crippen LogP contribution in [-0.4, -0.2) is 45.5 Å². The molecule has 0 radical (unpaired) electrons. The lowest BCUT2D eigenvalue weighted by Crippen LogP contribution is -2.41. The third kappa shape index (κ3) is 5.68. The van der Waals surface area contributed by atoms with E-state index in [4.69, 9.17) is 9.84 Å². The van der Waals surface area contributed by atoms with Crippen LogP contribution in [0.4, 0.5) is 10.5 Å². The van der Waals surface area contributed by atoms with E-state index in [0.29, 0.717) is 5.69 Å². The number of hydrogen-bond donors (Lipinski definition) is 3. The van der Waals surface area contributed by atoms with Crippen molar-refractivity contribution in [1.29, 1.82) is 0 Å². The minimum absolute atomic E-state index is 0.0176. The third-order valence-electron chi connectivity index (χ3n) is 6.07. The van der Waals surface area contributed by atoms with Gasteiger partial charge in [-0.05, 0) is 28.2 Å². The van der Waals surface area contributed by atoms with Gasteiger partial charge in [0.15, 0.2) is 0 Å². The second kappa shape index (κ2) is 10.4. The van der Waals surface area contributed by atoms with Crippen molar-refractivity contribution in [3.8, 4) is 11.1 Å². The van der Waals surface area contributed by atoms with E-state index in [0.717, 1.165) is 22.3 Å². The van der Waals surface area contributed by atoms with Gasteiger partial charge in [0.1, 0.15) is 13.2 Å². The SMILES string of the molecule is CC(C)[C@H](CC(=O)Nc1cnn(CC(=O)O)c1)NC(=O)OCC1c2ccccc2-c2ccccc21. The molecule has 9 heteroatoms. The van der Waals surface area contributed by atoms with Crippen LogP contribution < -0.4 is 10.6 Å². The first-order valence-electron chi connectivity index (χ1n) is 11.5. The van der Waals surface area contributed by atoms with Crippen LogP contribution in [0.25, 0.3) is 11.1 Å². The molecule has 0 aliphatic heterocycles. The molecule has 0 fully saturated rings. The quantitative estimate of drug-likeness (QED) is 0.431. The van der Waals surface area contributed by atoms with Gasteiger partial charge < -0.3 is 20.5 Å². The Bertz CT molecular complexity index is 1190. The van der Waals surface area contributed by atoms with E-state index in [-0.39, 0.29) is 37.3 Å². The first-order valence-corrected chi connectivity index (χ1v) is 11.5. The van der Waals surface area contributed by atoms with Gasteiger partial charge in [-0.1, -0.05) is 62.4 Å². The first kappa shape index (κ1) is 24.0. The molecule has 9 nitrogen and oxygen atoms in total. The molecule has 1 aliphatic carbocycles. The number of nitrogens with zero attached hydrogens (tertiary/aromatic N) is 2. The number of amides is 2. The number of aliphatic carboxylic acids is 1. The zero-order valence-corrected chi connectivity index (χ0v) is 19.6. The summed E-state index contributed by atoms with van der Waals surface area (Å²) >= 11 is 0. The van der Waals surface area contributed by atoms with Crippen molar-refractivity contribution >= 4 is 23.7 Å². The van der Waals surface area contributed by atoms with Crippen LogP contribution in [0, 0.1) is 5.92 Å². The summed E-state index contributed by atoms with van der Waals surface area (Å²) in [6, 6.07) is 15.8. The van der Waals surface area contributed by atoms with E-state index in [1.165, 1.54) is 17.1 Å². The van der Waals surface area contributed by atoms with Gasteiger partial charge in [0.05, 0.1) is 11.9 Å². The molecule has 1 heterocycles. The fourth-order valence-electron chi connectivity index (χ4n) is 4.31. The number of carbonyl (C=O) groups excluding carboxylic acids is 2. The first-order chi connectivity index (χ1) is 16.8. The highest BCUT2D eigenvalue weighted by Crippen LogP contribution is 2.44. The van der Waals surface area contributed by atoms with Gasteiger partial charge in [0.2, 0.25) is 5.91 Å². The maximum absolute atomic E-state index is 12.7. The van der Waals surface area contributed by atoms with E-state index in [2.05, 4.69) is 40.0 Å². The van der Waals surface area contributed by atoms with Gasteiger partial charge in [-0.15, -0.1) is 0 Å². The topological polar surface area (TPSA) is 123 Å². The van der Waals surface area contributed by atoms with E-state index < -0.39 is 18.1 Å². The minimum Gasteiger partial charge on any atom is -0.480 e. The molecule has 1 aromatic heterocycles. The molecule has 3 aromatic rings. The average Bonchev–Trinajstić information content (AvgIpc) is 3.38. The second-order valence-corrected chi connectivity index (χ2v) is 8.89. The summed E-state index contributed by atoms with van der Waals surface area (Å²) in [6.45, 7) is 3.71. The summed E-state index contributed by atoms with van der Waals surface area (Å²) in [5, 5.41) is 18.2. The molecule has 2 aromatic carbocycles. The van der Waals surface area contributed by atoms with Gasteiger partial charge in [-0.3, -0.25) is 14.3 Å². The molecule has 1 aliphatic rings. The van der Waals surface area contributed by atoms with Crippen LogP contribution in [0.1, 0.15) is 37.3 Å². The van der Waals surface area contributed by atoms with Crippen molar-refractivity contribution < 1.29 is 24.2 Å². The summed E-state index contributed by atoms with van der Waals surface area (Å²) in [5.74, 6) is -1.41. The van der Waals surface area contributed by atoms with Crippen molar-refractivity contribution in [2.45, 2.75) is 38.8 Å². The van der Waals surface area contributed by atoms with Crippen LogP contribution in [-0.2, 0) is 20.9 Å². The Kier molecular flexibility index (Phi) is 7.14. The monoisotopic (exact) mass is 476 g/mol. The number of fused-ring (bicyclic) bond motifs is 3. The predicted octanol–water partition coefficient (Wildman–Crippen LogP) is 3.86. The van der Waals surface area contributed by atoms with E-state index in [1.807, 2.05) is 38.1 Å². The van der Waals surface area contributed by atoms with Crippen molar-refractivity contribution in [1.82, 2.24) is 15.1 Å². The Balaban J connectivity index is 1.33.